The van der Waals surface area contributed by atoms with E-state index >= 15 is 0 Å². The Hall–Kier alpha value is -2.28. The van der Waals surface area contributed by atoms with Crippen LogP contribution in [0.25, 0.3) is 0 Å². The van der Waals surface area contributed by atoms with Crippen LogP contribution in [0.2, 0.25) is 0 Å². The molecule has 104 valence electrons. The Morgan fingerprint density at radius 3 is 2.45 bits per heavy atom. The van der Waals surface area contributed by atoms with Gasteiger partial charge in [-0.05, 0) is 34.1 Å². The highest BCUT2D eigenvalue weighted by molar-refractivity contribution is 9.10. The number of nitrogens with zero attached hydrogens (tertiary/aromatic N) is 1. The van der Waals surface area contributed by atoms with Crippen molar-refractivity contribution in [3.63, 3.8) is 0 Å². The van der Waals surface area contributed by atoms with Crippen molar-refractivity contribution in [1.82, 2.24) is 15.4 Å². The van der Waals surface area contributed by atoms with Gasteiger partial charge in [0.15, 0.2) is 0 Å². The molecule has 0 fully saturated rings. The summed E-state index contributed by atoms with van der Waals surface area (Å²) in [5.41, 5.74) is 5.00. The molecule has 0 spiro atoms. The predicted octanol–water partition coefficient (Wildman–Crippen LogP) is 1.57. The van der Waals surface area contributed by atoms with Crippen molar-refractivity contribution < 1.29 is 14.7 Å². The number of hydrazine groups is 1. The SMILES string of the molecule is Cn1cc(Br)cc1C(=O)NNC(=O)c1ccccc1O. The van der Waals surface area contributed by atoms with Gasteiger partial charge in [0.1, 0.15) is 11.4 Å². The molecule has 0 unspecified atom stereocenters. The maximum absolute atomic E-state index is 11.9. The molecule has 7 heteroatoms. The van der Waals surface area contributed by atoms with Crippen LogP contribution in [0.3, 0.4) is 0 Å². The lowest BCUT2D eigenvalue weighted by Gasteiger charge is -2.08. The molecule has 0 saturated carbocycles. The zero-order valence-electron chi connectivity index (χ0n) is 10.6. The quantitative estimate of drug-likeness (QED) is 0.727. The molecule has 6 nitrogen and oxygen atoms in total. The number of aromatic nitrogens is 1. The third kappa shape index (κ3) is 3.00. The maximum Gasteiger partial charge on any atom is 0.286 e. The molecule has 0 bridgehead atoms. The minimum Gasteiger partial charge on any atom is -0.507 e. The average Bonchev–Trinajstić information content (AvgIpc) is 2.75. The molecule has 0 radical (unpaired) electrons. The summed E-state index contributed by atoms with van der Waals surface area (Å²) in [7, 11) is 1.71. The normalized spacial score (nSPS) is 10.1. The minimum atomic E-state index is -0.593. The highest BCUT2D eigenvalue weighted by Gasteiger charge is 2.14. The summed E-state index contributed by atoms with van der Waals surface area (Å²) in [4.78, 5) is 23.7. The molecule has 0 aliphatic rings. The van der Waals surface area contributed by atoms with Gasteiger partial charge in [-0.1, -0.05) is 12.1 Å². The first-order valence-electron chi connectivity index (χ1n) is 5.69. The molecule has 2 amide bonds. The summed E-state index contributed by atoms with van der Waals surface area (Å²) < 4.78 is 2.38. The lowest BCUT2D eigenvalue weighted by atomic mass is 10.2. The molecular formula is C13H12BrN3O3. The number of rotatable bonds is 2. The van der Waals surface area contributed by atoms with Crippen molar-refractivity contribution >= 4 is 27.7 Å². The number of amides is 2. The monoisotopic (exact) mass is 337 g/mol. The van der Waals surface area contributed by atoms with Gasteiger partial charge in [-0.25, -0.2) is 0 Å². The van der Waals surface area contributed by atoms with E-state index < -0.39 is 11.8 Å². The third-order valence-electron chi connectivity index (χ3n) is 2.64. The van der Waals surface area contributed by atoms with Gasteiger partial charge in [-0.2, -0.15) is 0 Å². The van der Waals surface area contributed by atoms with Crippen molar-refractivity contribution in [2.75, 3.05) is 0 Å². The second-order valence-corrected chi connectivity index (χ2v) is 5.00. The molecule has 0 aliphatic carbocycles. The fraction of sp³-hybridized carbons (Fsp3) is 0.0769. The van der Waals surface area contributed by atoms with E-state index in [-0.39, 0.29) is 11.3 Å². The van der Waals surface area contributed by atoms with Gasteiger partial charge in [0.05, 0.1) is 5.56 Å². The number of phenols is 1. The summed E-state index contributed by atoms with van der Waals surface area (Å²) in [6.07, 6.45) is 1.72. The van der Waals surface area contributed by atoms with Crippen LogP contribution >= 0.6 is 15.9 Å². The van der Waals surface area contributed by atoms with Crippen LogP contribution in [0.15, 0.2) is 41.0 Å². The molecule has 0 atom stereocenters. The summed E-state index contributed by atoms with van der Waals surface area (Å²) in [6.45, 7) is 0. The van der Waals surface area contributed by atoms with E-state index in [1.54, 1.807) is 36.0 Å². The molecule has 0 saturated heterocycles. The molecule has 1 aromatic heterocycles. The third-order valence-corrected chi connectivity index (χ3v) is 3.08. The van der Waals surface area contributed by atoms with Crippen LogP contribution in [0.5, 0.6) is 5.75 Å². The van der Waals surface area contributed by atoms with Crippen LogP contribution in [-0.2, 0) is 7.05 Å². The van der Waals surface area contributed by atoms with Gasteiger partial charge < -0.3 is 9.67 Å². The van der Waals surface area contributed by atoms with E-state index in [0.29, 0.717) is 5.69 Å². The molecule has 2 rings (SSSR count). The fourth-order valence-electron chi connectivity index (χ4n) is 1.66. The lowest BCUT2D eigenvalue weighted by molar-refractivity contribution is 0.0840. The van der Waals surface area contributed by atoms with Gasteiger partial charge in [0, 0.05) is 17.7 Å². The van der Waals surface area contributed by atoms with Crippen LogP contribution < -0.4 is 10.9 Å². The number of aryl methyl sites for hydroxylation is 1. The predicted molar refractivity (Wildman–Crippen MR) is 76.2 cm³/mol. The van der Waals surface area contributed by atoms with E-state index in [4.69, 9.17) is 0 Å². The molecule has 0 aliphatic heterocycles. The number of benzene rings is 1. The first kappa shape index (κ1) is 14.1. The first-order valence-corrected chi connectivity index (χ1v) is 6.49. The van der Waals surface area contributed by atoms with Gasteiger partial charge >= 0.3 is 0 Å². The summed E-state index contributed by atoms with van der Waals surface area (Å²) in [6, 6.07) is 7.69. The van der Waals surface area contributed by atoms with E-state index in [1.807, 2.05) is 0 Å². The number of phenolic OH excluding ortho intramolecular Hbond substituents is 1. The number of aromatic hydroxyl groups is 1. The average molecular weight is 338 g/mol. The van der Waals surface area contributed by atoms with Crippen LogP contribution in [0.1, 0.15) is 20.8 Å². The summed E-state index contributed by atoms with van der Waals surface area (Å²) in [5, 5.41) is 9.53. The molecule has 20 heavy (non-hydrogen) atoms. The van der Waals surface area contributed by atoms with Crippen molar-refractivity contribution in [3.05, 3.63) is 52.3 Å². The highest BCUT2D eigenvalue weighted by atomic mass is 79.9. The Morgan fingerprint density at radius 1 is 1.20 bits per heavy atom. The van der Waals surface area contributed by atoms with Crippen LogP contribution in [0, 0.1) is 0 Å². The van der Waals surface area contributed by atoms with Crippen LogP contribution in [0.4, 0.5) is 0 Å². The van der Waals surface area contributed by atoms with Crippen molar-refractivity contribution in [2.24, 2.45) is 7.05 Å². The zero-order chi connectivity index (χ0) is 14.7. The van der Waals surface area contributed by atoms with Crippen molar-refractivity contribution in [3.8, 4) is 5.75 Å². The van der Waals surface area contributed by atoms with Gasteiger partial charge in [-0.3, -0.25) is 20.4 Å². The second-order valence-electron chi connectivity index (χ2n) is 4.08. The second kappa shape index (κ2) is 5.79. The number of para-hydroxylation sites is 1. The van der Waals surface area contributed by atoms with E-state index in [2.05, 4.69) is 26.8 Å². The number of carbonyl (C=O) groups is 2. The lowest BCUT2D eigenvalue weighted by Crippen LogP contribution is -2.42. The van der Waals surface area contributed by atoms with Gasteiger partial charge in [0.25, 0.3) is 11.8 Å². The molecular weight excluding hydrogens is 326 g/mol. The Kier molecular flexibility index (Phi) is 4.09. The summed E-state index contributed by atoms with van der Waals surface area (Å²) >= 11 is 3.26. The van der Waals surface area contributed by atoms with Gasteiger partial charge in [-0.15, -0.1) is 0 Å². The highest BCUT2D eigenvalue weighted by Crippen LogP contribution is 2.15. The van der Waals surface area contributed by atoms with Crippen molar-refractivity contribution in [2.45, 2.75) is 0 Å². The first-order chi connectivity index (χ1) is 9.49. The topological polar surface area (TPSA) is 83.4 Å². The Bertz CT molecular complexity index is 667. The minimum absolute atomic E-state index is 0.0841. The summed E-state index contributed by atoms with van der Waals surface area (Å²) in [5.74, 6) is -1.20. The molecule has 2 aromatic rings. The Morgan fingerprint density at radius 2 is 1.85 bits per heavy atom. The number of hydrogen-bond donors (Lipinski definition) is 3. The zero-order valence-corrected chi connectivity index (χ0v) is 12.1. The molecule has 1 heterocycles. The number of hydrogen-bond acceptors (Lipinski definition) is 3. The van der Waals surface area contributed by atoms with E-state index in [0.717, 1.165) is 4.47 Å². The smallest absolute Gasteiger partial charge is 0.286 e. The number of halogens is 1. The maximum atomic E-state index is 11.9. The fourth-order valence-corrected chi connectivity index (χ4v) is 2.18. The van der Waals surface area contributed by atoms with E-state index in [9.17, 15) is 14.7 Å². The van der Waals surface area contributed by atoms with Gasteiger partial charge in [0.2, 0.25) is 0 Å². The largest absolute Gasteiger partial charge is 0.507 e. The molecule has 3 N–H and O–H groups in total. The van der Waals surface area contributed by atoms with Crippen LogP contribution in [-0.4, -0.2) is 21.5 Å². The Labute approximate surface area is 123 Å². The van der Waals surface area contributed by atoms with E-state index in [1.165, 1.54) is 12.1 Å². The number of carbonyl (C=O) groups excluding carboxylic acids is 2. The molecule has 1 aromatic carbocycles. The Balaban J connectivity index is 2.02. The number of nitrogens with one attached hydrogen (secondary N) is 2. The standard InChI is InChI=1S/C13H12BrN3O3/c1-17-7-8(14)6-10(17)13(20)16-15-12(19)9-4-2-3-5-11(9)18/h2-7,18H,1H3,(H,15,19)(H,16,20). The van der Waals surface area contributed by atoms with Crippen molar-refractivity contribution in [1.29, 1.82) is 0 Å².